The first-order valence-corrected chi connectivity index (χ1v) is 13.2. The molecular formula is C29H29Cl2N3O5. The number of hydrogen-bond donors (Lipinski definition) is 1. The molecule has 0 radical (unpaired) electrons. The third-order valence-corrected chi connectivity index (χ3v) is 7.35. The highest BCUT2D eigenvalue weighted by molar-refractivity contribution is 6.47. The number of benzene rings is 2. The van der Waals surface area contributed by atoms with Gasteiger partial charge in [-0.2, -0.15) is 0 Å². The van der Waals surface area contributed by atoms with E-state index >= 15 is 0 Å². The van der Waals surface area contributed by atoms with E-state index in [2.05, 4.69) is 23.7 Å². The molecule has 0 saturated carbocycles. The molecule has 4 rings (SSSR count). The fourth-order valence-corrected chi connectivity index (χ4v) is 5.49. The average Bonchev–Trinajstić information content (AvgIpc) is 3.19. The van der Waals surface area contributed by atoms with Crippen molar-refractivity contribution in [2.75, 3.05) is 32.2 Å². The first-order valence-electron chi connectivity index (χ1n) is 12.4. The molecule has 8 nitrogen and oxygen atoms in total. The molecule has 1 atom stereocenters. The molecule has 1 aliphatic rings. The van der Waals surface area contributed by atoms with Crippen LogP contribution in [0.4, 0.5) is 5.69 Å². The number of aromatic nitrogens is 1. The van der Waals surface area contributed by atoms with E-state index in [-0.39, 0.29) is 39.2 Å². The zero-order valence-electron chi connectivity index (χ0n) is 22.1. The maximum absolute atomic E-state index is 13.5. The van der Waals surface area contributed by atoms with Gasteiger partial charge in [-0.3, -0.25) is 14.6 Å². The molecule has 204 valence electrons. The second-order valence-electron chi connectivity index (χ2n) is 8.80. The smallest absolute Gasteiger partial charge is 0.296 e. The minimum absolute atomic E-state index is 0.0249. The van der Waals surface area contributed by atoms with E-state index < -0.39 is 23.5 Å². The molecule has 1 fully saturated rings. The Labute approximate surface area is 237 Å². The van der Waals surface area contributed by atoms with Gasteiger partial charge in [0.05, 0.1) is 48.7 Å². The van der Waals surface area contributed by atoms with E-state index in [9.17, 15) is 14.7 Å². The van der Waals surface area contributed by atoms with Gasteiger partial charge in [0.25, 0.3) is 11.7 Å². The van der Waals surface area contributed by atoms with Gasteiger partial charge in [-0.25, -0.2) is 0 Å². The number of halogens is 2. The minimum Gasteiger partial charge on any atom is -0.507 e. The second kappa shape index (κ2) is 12.0. The quantitative estimate of drug-likeness (QED) is 0.195. The standard InChI is InChI=1S/C29H29Cl2N3O5/c1-5-33(6-2)19-12-10-17(11-13-19)24-22(26(36)29(37)34(24)16-18-9-7-8-14-32-18)25(35)20-15-21(30)28(39-4)23(31)27(20)38-3/h7-15,24,35H,5-6,16H2,1-4H3/b25-22+. The number of likely N-dealkylation sites (tertiary alicyclic amines) is 1. The predicted molar refractivity (Wildman–Crippen MR) is 152 cm³/mol. The van der Waals surface area contributed by atoms with Crippen LogP contribution in [0.2, 0.25) is 10.0 Å². The van der Waals surface area contributed by atoms with Crippen molar-refractivity contribution in [2.45, 2.75) is 26.4 Å². The molecule has 2 heterocycles. The Morgan fingerprint density at radius 2 is 1.69 bits per heavy atom. The lowest BCUT2D eigenvalue weighted by atomic mass is 9.94. The van der Waals surface area contributed by atoms with Gasteiger partial charge < -0.3 is 24.4 Å². The Bertz CT molecular complexity index is 1410. The van der Waals surface area contributed by atoms with E-state index in [1.165, 1.54) is 25.2 Å². The lowest BCUT2D eigenvalue weighted by Crippen LogP contribution is -2.29. The highest BCUT2D eigenvalue weighted by Crippen LogP contribution is 2.47. The van der Waals surface area contributed by atoms with Crippen molar-refractivity contribution >= 4 is 46.3 Å². The first-order chi connectivity index (χ1) is 18.8. The summed E-state index contributed by atoms with van der Waals surface area (Å²) >= 11 is 12.8. The zero-order valence-corrected chi connectivity index (χ0v) is 23.6. The van der Waals surface area contributed by atoms with Gasteiger partial charge in [-0.05, 0) is 49.7 Å². The largest absolute Gasteiger partial charge is 0.507 e. The normalized spacial score (nSPS) is 16.5. The summed E-state index contributed by atoms with van der Waals surface area (Å²) in [5.74, 6) is -1.85. The Morgan fingerprint density at radius 3 is 2.26 bits per heavy atom. The minimum atomic E-state index is -0.901. The van der Waals surface area contributed by atoms with Gasteiger partial charge in [0.2, 0.25) is 0 Å². The third kappa shape index (κ3) is 5.27. The highest BCUT2D eigenvalue weighted by atomic mass is 35.5. The van der Waals surface area contributed by atoms with E-state index in [1.54, 1.807) is 24.4 Å². The van der Waals surface area contributed by atoms with Crippen LogP contribution in [0.25, 0.3) is 5.76 Å². The van der Waals surface area contributed by atoms with Crippen LogP contribution in [-0.4, -0.2) is 54.0 Å². The first kappa shape index (κ1) is 28.3. The predicted octanol–water partition coefficient (Wildman–Crippen LogP) is 5.87. The summed E-state index contributed by atoms with van der Waals surface area (Å²) in [6, 6.07) is 13.4. The number of Topliss-reactive ketones (excluding diaryl/α,β-unsaturated/α-hetero) is 1. The van der Waals surface area contributed by atoms with Crippen LogP contribution >= 0.6 is 23.2 Å². The number of aliphatic hydroxyl groups is 1. The van der Waals surface area contributed by atoms with Gasteiger partial charge in [0.1, 0.15) is 10.8 Å². The number of amides is 1. The molecule has 1 N–H and O–H groups in total. The molecule has 1 aliphatic heterocycles. The highest BCUT2D eigenvalue weighted by Gasteiger charge is 2.46. The Hall–Kier alpha value is -3.75. The lowest BCUT2D eigenvalue weighted by Gasteiger charge is -2.26. The number of anilines is 1. The summed E-state index contributed by atoms with van der Waals surface area (Å²) in [6.07, 6.45) is 1.62. The van der Waals surface area contributed by atoms with Crippen molar-refractivity contribution in [1.82, 2.24) is 9.88 Å². The maximum atomic E-state index is 13.5. The second-order valence-corrected chi connectivity index (χ2v) is 9.58. The molecular weight excluding hydrogens is 541 g/mol. The van der Waals surface area contributed by atoms with Crippen molar-refractivity contribution in [3.8, 4) is 11.5 Å². The molecule has 1 unspecified atom stereocenters. The third-order valence-electron chi connectivity index (χ3n) is 6.73. The van der Waals surface area contributed by atoms with Crippen molar-refractivity contribution in [3.05, 3.63) is 87.2 Å². The number of aliphatic hydroxyl groups excluding tert-OH is 1. The number of methoxy groups -OCH3 is 2. The number of carbonyl (C=O) groups excluding carboxylic acids is 2. The summed E-state index contributed by atoms with van der Waals surface area (Å²) in [6.45, 7) is 5.85. The van der Waals surface area contributed by atoms with Crippen LogP contribution in [0.15, 0.2) is 60.3 Å². The van der Waals surface area contributed by atoms with Gasteiger partial charge in [0, 0.05) is 25.0 Å². The number of ketones is 1. The number of hydrogen-bond acceptors (Lipinski definition) is 7. The average molecular weight is 570 g/mol. The summed E-state index contributed by atoms with van der Waals surface area (Å²) < 4.78 is 10.7. The van der Waals surface area contributed by atoms with Gasteiger partial charge in [-0.1, -0.05) is 41.4 Å². The summed E-state index contributed by atoms with van der Waals surface area (Å²) in [7, 11) is 2.77. The number of carbonyl (C=O) groups is 2. The molecule has 10 heteroatoms. The van der Waals surface area contributed by atoms with E-state index in [4.69, 9.17) is 32.7 Å². The summed E-state index contributed by atoms with van der Waals surface area (Å²) in [5, 5.41) is 11.7. The van der Waals surface area contributed by atoms with Crippen LogP contribution in [-0.2, 0) is 16.1 Å². The summed E-state index contributed by atoms with van der Waals surface area (Å²) in [5.41, 5.74) is 2.20. The van der Waals surface area contributed by atoms with Gasteiger partial charge in [0.15, 0.2) is 11.5 Å². The van der Waals surface area contributed by atoms with E-state index in [0.29, 0.717) is 11.3 Å². The van der Waals surface area contributed by atoms with Crippen LogP contribution in [0.1, 0.15) is 36.7 Å². The van der Waals surface area contributed by atoms with Gasteiger partial charge in [-0.15, -0.1) is 0 Å². The fraction of sp³-hybridized carbons (Fsp3) is 0.276. The molecule has 0 aliphatic carbocycles. The molecule has 1 amide bonds. The van der Waals surface area contributed by atoms with Crippen LogP contribution < -0.4 is 14.4 Å². The van der Waals surface area contributed by atoms with E-state index in [0.717, 1.165) is 18.8 Å². The monoisotopic (exact) mass is 569 g/mol. The molecule has 2 aromatic carbocycles. The van der Waals surface area contributed by atoms with Crippen LogP contribution in [0.5, 0.6) is 11.5 Å². The van der Waals surface area contributed by atoms with Crippen molar-refractivity contribution in [2.24, 2.45) is 0 Å². The number of rotatable bonds is 9. The van der Waals surface area contributed by atoms with Crippen molar-refractivity contribution in [1.29, 1.82) is 0 Å². The SMILES string of the molecule is CCN(CC)c1ccc(C2/C(=C(\O)c3cc(Cl)c(OC)c(Cl)c3OC)C(=O)C(=O)N2Cc2ccccn2)cc1. The molecule has 1 aromatic heterocycles. The summed E-state index contributed by atoms with van der Waals surface area (Å²) in [4.78, 5) is 34.8. The maximum Gasteiger partial charge on any atom is 0.296 e. The zero-order chi connectivity index (χ0) is 28.3. The Balaban J connectivity index is 1.92. The van der Waals surface area contributed by atoms with Crippen LogP contribution in [0, 0.1) is 0 Å². The van der Waals surface area contributed by atoms with Crippen molar-refractivity contribution < 1.29 is 24.2 Å². The molecule has 39 heavy (non-hydrogen) atoms. The number of ether oxygens (including phenoxy) is 2. The number of nitrogens with zero attached hydrogens (tertiary/aromatic N) is 3. The topological polar surface area (TPSA) is 92.2 Å². The lowest BCUT2D eigenvalue weighted by molar-refractivity contribution is -0.140. The van der Waals surface area contributed by atoms with Gasteiger partial charge >= 0.3 is 0 Å². The van der Waals surface area contributed by atoms with E-state index in [1.807, 2.05) is 24.3 Å². The molecule has 0 bridgehead atoms. The fourth-order valence-electron chi connectivity index (χ4n) is 4.80. The molecule has 0 spiro atoms. The molecule has 1 saturated heterocycles. The Kier molecular flexibility index (Phi) is 8.67. The Morgan fingerprint density at radius 1 is 1.03 bits per heavy atom. The van der Waals surface area contributed by atoms with Crippen LogP contribution in [0.3, 0.4) is 0 Å². The molecule has 3 aromatic rings. The van der Waals surface area contributed by atoms with Crippen molar-refractivity contribution in [3.63, 3.8) is 0 Å². The number of pyridine rings is 1.